The van der Waals surface area contributed by atoms with Crippen LogP contribution in [-0.4, -0.2) is 68.2 Å². The first-order valence-corrected chi connectivity index (χ1v) is 2.67. The van der Waals surface area contributed by atoms with E-state index in [1.165, 1.54) is 0 Å². The van der Waals surface area contributed by atoms with Crippen LogP contribution in [0.2, 0.25) is 0 Å². The molecule has 0 rings (SSSR count). The molecule has 0 fully saturated rings. The minimum atomic E-state index is -1.03. The van der Waals surface area contributed by atoms with Gasteiger partial charge in [0.2, 0.25) is 0 Å². The molecule has 0 atom stereocenters. The Labute approximate surface area is 117 Å². The zero-order valence-corrected chi connectivity index (χ0v) is 11.7. The van der Waals surface area contributed by atoms with Crippen molar-refractivity contribution in [2.45, 2.75) is 0 Å². The van der Waals surface area contributed by atoms with E-state index in [4.69, 9.17) is 3.80 Å². The van der Waals surface area contributed by atoms with Crippen LogP contribution in [0, 0.1) is 0 Å². The van der Waals surface area contributed by atoms with Crippen LogP contribution in [0.15, 0.2) is 0 Å². The summed E-state index contributed by atoms with van der Waals surface area (Å²) in [6.45, 7) is 0. The first-order valence-electron chi connectivity index (χ1n) is 0.454. The Morgan fingerprint density at radius 1 is 1.12 bits per heavy atom. The Bertz CT molecular complexity index is 23.5. The summed E-state index contributed by atoms with van der Waals surface area (Å²) >= 11 is -1.03. The molecule has 8 heavy (non-hydrogen) atoms. The molecule has 0 spiro atoms. The first-order chi connectivity index (χ1) is 1.41. The fourth-order valence-corrected chi connectivity index (χ4v) is 0. The van der Waals surface area contributed by atoms with Gasteiger partial charge in [0.15, 0.2) is 0 Å². The molecule has 0 amide bonds. The van der Waals surface area contributed by atoms with Crippen molar-refractivity contribution in [1.29, 1.82) is 0 Å². The Kier molecular flexibility index (Phi) is 256. The maximum atomic E-state index is 8.78. The summed E-state index contributed by atoms with van der Waals surface area (Å²) in [6.07, 6.45) is 0. The van der Waals surface area contributed by atoms with E-state index in [0.29, 0.717) is 0 Å². The van der Waals surface area contributed by atoms with Crippen LogP contribution in [0.25, 0.3) is 0 Å². The molecular formula is H7AlCl4NaOSb. The fourth-order valence-electron chi connectivity index (χ4n) is 0. The average molecular weight is 337 g/mol. The van der Waals surface area contributed by atoms with Crippen LogP contribution in [0.4, 0.5) is 0 Å². The molecule has 0 aromatic heterocycles. The number of hydrogen-bond acceptors (Lipinski definition) is 1. The Morgan fingerprint density at radius 2 is 1.12 bits per heavy atom. The third kappa shape index (κ3) is 58.7. The molecule has 0 aliphatic rings. The Balaban J connectivity index is -0.00000000200. The van der Waals surface area contributed by atoms with Gasteiger partial charge >= 0.3 is 82.1 Å². The summed E-state index contributed by atoms with van der Waals surface area (Å²) in [7, 11) is 4.53. The quantitative estimate of drug-likeness (QED) is 0.552. The van der Waals surface area contributed by atoms with Gasteiger partial charge in [0, 0.05) is 0 Å². The number of halogens is 4. The summed E-state index contributed by atoms with van der Waals surface area (Å²) in [6, 6.07) is 0. The van der Waals surface area contributed by atoms with Crippen LogP contribution >= 0.6 is 47.3 Å². The molecule has 0 aromatic rings. The van der Waals surface area contributed by atoms with E-state index in [2.05, 4.69) is 10.0 Å². The monoisotopic (exact) mass is 334 g/mol. The molecule has 0 aliphatic heterocycles. The predicted octanol–water partition coefficient (Wildman–Crippen LogP) is -0.377. The maximum absolute atomic E-state index is 8.78. The van der Waals surface area contributed by atoms with Crippen LogP contribution < -0.4 is 0 Å². The van der Waals surface area contributed by atoms with E-state index in [9.17, 15) is 0 Å². The van der Waals surface area contributed by atoms with Gasteiger partial charge in [-0.2, -0.15) is 0 Å². The summed E-state index contributed by atoms with van der Waals surface area (Å²) in [5.41, 5.74) is 0. The molecule has 0 heterocycles. The summed E-state index contributed by atoms with van der Waals surface area (Å²) in [4.78, 5) is 0. The van der Waals surface area contributed by atoms with Crippen molar-refractivity contribution in [3.8, 4) is 0 Å². The molecule has 0 radical (unpaired) electrons. The van der Waals surface area contributed by atoms with Gasteiger partial charge in [0.1, 0.15) is 0 Å². The Hall–Kier alpha value is 3.31. The second-order valence-electron chi connectivity index (χ2n) is 0.0891. The SMILES string of the molecule is Cl.Cl.Cl.[NaH].[O]=[Al][Cl].[SbH3]. The second-order valence-corrected chi connectivity index (χ2v) is 0.802. The van der Waals surface area contributed by atoms with E-state index in [-0.39, 0.29) is 91.2 Å². The molecule has 0 N–H and O–H groups in total. The fraction of sp³-hybridized carbons (Fsp3) is 0. The third-order valence-corrected chi connectivity index (χ3v) is 0. The minimum absolute atomic E-state index is 0. The molecule has 50 valence electrons. The van der Waals surface area contributed by atoms with Gasteiger partial charge < -0.3 is 0 Å². The van der Waals surface area contributed by atoms with E-state index < -0.39 is 14.2 Å². The van der Waals surface area contributed by atoms with Crippen molar-refractivity contribution >= 4 is 115 Å². The van der Waals surface area contributed by atoms with Crippen LogP contribution in [0.1, 0.15) is 0 Å². The zero-order valence-electron chi connectivity index (χ0n) is 3.30. The molecular weight excluding hydrogens is 330 g/mol. The van der Waals surface area contributed by atoms with Crippen LogP contribution in [0.5, 0.6) is 0 Å². The van der Waals surface area contributed by atoms with Gasteiger partial charge in [-0.05, 0) is 0 Å². The van der Waals surface area contributed by atoms with Crippen molar-refractivity contribution < 1.29 is 3.80 Å². The topological polar surface area (TPSA) is 17.1 Å². The average Bonchev–Trinajstić information content (AvgIpc) is 0.918. The molecule has 0 saturated heterocycles. The Morgan fingerprint density at radius 3 is 1.12 bits per heavy atom. The van der Waals surface area contributed by atoms with Gasteiger partial charge in [0.25, 0.3) is 0 Å². The van der Waals surface area contributed by atoms with E-state index in [1.807, 2.05) is 0 Å². The van der Waals surface area contributed by atoms with Crippen LogP contribution in [0.3, 0.4) is 0 Å². The molecule has 0 aliphatic carbocycles. The van der Waals surface area contributed by atoms with Gasteiger partial charge in [-0.3, -0.25) is 0 Å². The van der Waals surface area contributed by atoms with Crippen molar-refractivity contribution in [3.63, 3.8) is 0 Å². The van der Waals surface area contributed by atoms with Gasteiger partial charge in [-0.15, -0.1) is 37.2 Å². The molecule has 8 heteroatoms. The van der Waals surface area contributed by atoms with E-state index >= 15 is 0 Å². The van der Waals surface area contributed by atoms with E-state index in [1.54, 1.807) is 0 Å². The van der Waals surface area contributed by atoms with Gasteiger partial charge in [0.05, 0.1) is 0 Å². The summed E-state index contributed by atoms with van der Waals surface area (Å²) in [5.74, 6) is 0. The molecule has 0 saturated carbocycles. The van der Waals surface area contributed by atoms with Crippen molar-refractivity contribution in [2.75, 3.05) is 0 Å². The molecule has 0 unspecified atom stereocenters. The summed E-state index contributed by atoms with van der Waals surface area (Å²) in [5, 5.41) is 0. The molecule has 0 bridgehead atoms. The summed E-state index contributed by atoms with van der Waals surface area (Å²) < 4.78 is 8.78. The standard InChI is InChI=1S/Al.4ClH.Na.O.Sb.4H/h;4*1H;;;;;;;/q+1;;;;;;;;;;;/p-1. The number of hydrogen-bond donors (Lipinski definition) is 0. The number of rotatable bonds is 0. The first kappa shape index (κ1) is 42.6. The molecule has 1 nitrogen and oxygen atoms in total. The predicted molar refractivity (Wildman–Crippen MR) is 51.1 cm³/mol. The van der Waals surface area contributed by atoms with E-state index in [0.717, 1.165) is 0 Å². The van der Waals surface area contributed by atoms with Crippen LogP contribution in [-0.2, 0) is 3.80 Å². The van der Waals surface area contributed by atoms with Crippen molar-refractivity contribution in [2.24, 2.45) is 0 Å². The van der Waals surface area contributed by atoms with Gasteiger partial charge in [-0.25, -0.2) is 0 Å². The molecule has 0 aromatic carbocycles. The second kappa shape index (κ2) is 48.1. The zero-order chi connectivity index (χ0) is 2.71. The van der Waals surface area contributed by atoms with Crippen molar-refractivity contribution in [1.82, 2.24) is 0 Å². The normalized spacial score (nSPS) is 1.12. The van der Waals surface area contributed by atoms with Crippen molar-refractivity contribution in [3.05, 3.63) is 0 Å². The van der Waals surface area contributed by atoms with Gasteiger partial charge in [-0.1, -0.05) is 0 Å². The third-order valence-electron chi connectivity index (χ3n) is 0.